The molecule has 0 radical (unpaired) electrons. The fourth-order valence-electron chi connectivity index (χ4n) is 4.04. The number of ether oxygens (including phenoxy) is 1. The lowest BCUT2D eigenvalue weighted by Gasteiger charge is -2.42. The number of aliphatic imine (C=N–C) groups is 1. The van der Waals surface area contributed by atoms with Crippen molar-refractivity contribution in [3.63, 3.8) is 0 Å². The zero-order chi connectivity index (χ0) is 17.8. The van der Waals surface area contributed by atoms with Crippen LogP contribution in [0.15, 0.2) is 41.3 Å². The molecular weight excluding hydrogens is 326 g/mol. The first-order chi connectivity index (χ1) is 12.9. The molecule has 0 atom stereocenters. The molecule has 2 heterocycles. The SMILES string of the molecule is COCCN(C1=CC=NCN1c1ccc2[nH]ncc2c1)C1CCCCC1. The standard InChI is InChI=1S/C20H27N5O/c1-26-12-11-24(17-5-3-2-4-6-17)20-9-10-21-15-25(20)18-7-8-19-16(13-18)14-22-23-19/h7-10,13-14,17H,2-6,11-12,15H2,1H3,(H,22,23). The van der Waals surface area contributed by atoms with Crippen molar-refractivity contribution in [3.05, 3.63) is 36.3 Å². The van der Waals surface area contributed by atoms with E-state index in [0.29, 0.717) is 12.7 Å². The summed E-state index contributed by atoms with van der Waals surface area (Å²) >= 11 is 0. The van der Waals surface area contributed by atoms with Crippen molar-refractivity contribution >= 4 is 22.8 Å². The highest BCUT2D eigenvalue weighted by molar-refractivity contribution is 5.83. The molecule has 1 fully saturated rings. The summed E-state index contributed by atoms with van der Waals surface area (Å²) in [7, 11) is 1.78. The third-order valence-corrected chi connectivity index (χ3v) is 5.41. The summed E-state index contributed by atoms with van der Waals surface area (Å²) in [4.78, 5) is 9.34. The second-order valence-electron chi connectivity index (χ2n) is 7.05. The Morgan fingerprint density at radius 3 is 3.00 bits per heavy atom. The number of allylic oxidation sites excluding steroid dienone is 1. The van der Waals surface area contributed by atoms with Crippen LogP contribution in [-0.4, -0.2) is 54.3 Å². The van der Waals surface area contributed by atoms with E-state index in [1.54, 1.807) is 7.11 Å². The van der Waals surface area contributed by atoms with Crippen LogP contribution in [0.4, 0.5) is 5.69 Å². The molecule has 0 amide bonds. The Kier molecular flexibility index (Phi) is 5.20. The molecule has 26 heavy (non-hydrogen) atoms. The van der Waals surface area contributed by atoms with Gasteiger partial charge in [0.15, 0.2) is 0 Å². The number of anilines is 1. The summed E-state index contributed by atoms with van der Waals surface area (Å²) in [5, 5.41) is 8.29. The van der Waals surface area contributed by atoms with Gasteiger partial charge in [-0.05, 0) is 37.1 Å². The summed E-state index contributed by atoms with van der Waals surface area (Å²) in [5.41, 5.74) is 2.21. The minimum absolute atomic E-state index is 0.580. The zero-order valence-electron chi connectivity index (χ0n) is 15.4. The number of benzene rings is 1. The Morgan fingerprint density at radius 1 is 1.27 bits per heavy atom. The first kappa shape index (κ1) is 17.1. The van der Waals surface area contributed by atoms with Crippen molar-refractivity contribution in [3.8, 4) is 0 Å². The van der Waals surface area contributed by atoms with E-state index < -0.39 is 0 Å². The molecule has 1 aliphatic heterocycles. The van der Waals surface area contributed by atoms with Crippen LogP contribution in [0.25, 0.3) is 10.9 Å². The van der Waals surface area contributed by atoms with Crippen molar-refractivity contribution in [2.75, 3.05) is 31.8 Å². The van der Waals surface area contributed by atoms with Gasteiger partial charge < -0.3 is 14.5 Å². The van der Waals surface area contributed by atoms with Gasteiger partial charge in [-0.2, -0.15) is 5.10 Å². The summed E-state index contributed by atoms with van der Waals surface area (Å²) in [6, 6.07) is 7.00. The van der Waals surface area contributed by atoms with Crippen molar-refractivity contribution in [1.82, 2.24) is 15.1 Å². The maximum Gasteiger partial charge on any atom is 0.116 e. The first-order valence-electron chi connectivity index (χ1n) is 9.53. The Hall–Kier alpha value is -2.34. The molecule has 2 aliphatic rings. The van der Waals surface area contributed by atoms with Gasteiger partial charge >= 0.3 is 0 Å². The van der Waals surface area contributed by atoms with E-state index in [2.05, 4.69) is 49.3 Å². The highest BCUT2D eigenvalue weighted by Gasteiger charge is 2.27. The van der Waals surface area contributed by atoms with Crippen molar-refractivity contribution < 1.29 is 4.74 Å². The van der Waals surface area contributed by atoms with Crippen LogP contribution >= 0.6 is 0 Å². The summed E-state index contributed by atoms with van der Waals surface area (Å²) in [5.74, 6) is 1.23. The van der Waals surface area contributed by atoms with Crippen LogP contribution in [0.5, 0.6) is 0 Å². The minimum Gasteiger partial charge on any atom is -0.383 e. The molecule has 0 spiro atoms. The predicted octanol–water partition coefficient (Wildman–Crippen LogP) is 3.53. The van der Waals surface area contributed by atoms with Gasteiger partial charge in [-0.25, -0.2) is 0 Å². The van der Waals surface area contributed by atoms with E-state index in [1.807, 2.05) is 12.4 Å². The molecule has 6 nitrogen and oxygen atoms in total. The Balaban J connectivity index is 1.64. The van der Waals surface area contributed by atoms with Gasteiger partial charge in [0.2, 0.25) is 0 Å². The Bertz CT molecular complexity index is 790. The van der Waals surface area contributed by atoms with Crippen molar-refractivity contribution in [1.29, 1.82) is 0 Å². The summed E-state index contributed by atoms with van der Waals surface area (Å²) < 4.78 is 5.41. The van der Waals surface area contributed by atoms with E-state index in [0.717, 1.165) is 29.7 Å². The van der Waals surface area contributed by atoms with Crippen molar-refractivity contribution in [2.24, 2.45) is 4.99 Å². The van der Waals surface area contributed by atoms with Gasteiger partial charge in [0, 0.05) is 37.0 Å². The maximum absolute atomic E-state index is 5.41. The van der Waals surface area contributed by atoms with E-state index in [4.69, 9.17) is 4.74 Å². The molecule has 1 aromatic heterocycles. The molecule has 4 rings (SSSR count). The van der Waals surface area contributed by atoms with E-state index in [-0.39, 0.29) is 0 Å². The number of fused-ring (bicyclic) bond motifs is 1. The molecule has 0 saturated heterocycles. The average Bonchev–Trinajstić information content (AvgIpc) is 3.17. The Morgan fingerprint density at radius 2 is 2.15 bits per heavy atom. The third kappa shape index (κ3) is 3.46. The highest BCUT2D eigenvalue weighted by atomic mass is 16.5. The third-order valence-electron chi connectivity index (χ3n) is 5.41. The van der Waals surface area contributed by atoms with Crippen LogP contribution in [0.2, 0.25) is 0 Å². The fourth-order valence-corrected chi connectivity index (χ4v) is 4.04. The van der Waals surface area contributed by atoms with Crippen LogP contribution in [0.1, 0.15) is 32.1 Å². The smallest absolute Gasteiger partial charge is 0.116 e. The first-order valence-corrected chi connectivity index (χ1v) is 9.53. The topological polar surface area (TPSA) is 56.8 Å². The highest BCUT2D eigenvalue weighted by Crippen LogP contribution is 2.31. The molecule has 1 aliphatic carbocycles. The second-order valence-corrected chi connectivity index (χ2v) is 7.05. The molecule has 6 heteroatoms. The Labute approximate surface area is 154 Å². The molecule has 1 aromatic carbocycles. The predicted molar refractivity (Wildman–Crippen MR) is 105 cm³/mol. The monoisotopic (exact) mass is 353 g/mol. The fraction of sp³-hybridized carbons (Fsp3) is 0.500. The maximum atomic E-state index is 5.41. The minimum atomic E-state index is 0.580. The number of hydrogen-bond donors (Lipinski definition) is 1. The van der Waals surface area contributed by atoms with Crippen LogP contribution < -0.4 is 4.90 Å². The molecular formula is C20H27N5O. The second kappa shape index (κ2) is 7.91. The zero-order valence-corrected chi connectivity index (χ0v) is 15.4. The number of rotatable bonds is 6. The van der Waals surface area contributed by atoms with Gasteiger partial charge in [-0.15, -0.1) is 0 Å². The van der Waals surface area contributed by atoms with Crippen LogP contribution in [-0.2, 0) is 4.74 Å². The van der Waals surface area contributed by atoms with E-state index >= 15 is 0 Å². The lowest BCUT2D eigenvalue weighted by Crippen LogP contribution is -2.45. The molecule has 138 valence electrons. The normalized spacial score (nSPS) is 18.3. The number of H-pyrrole nitrogens is 1. The molecule has 0 unspecified atom stereocenters. The quantitative estimate of drug-likeness (QED) is 0.863. The number of nitrogens with zero attached hydrogens (tertiary/aromatic N) is 4. The number of aromatic amines is 1. The molecule has 1 N–H and O–H groups in total. The lowest BCUT2D eigenvalue weighted by atomic mass is 9.94. The molecule has 1 saturated carbocycles. The number of methoxy groups -OCH3 is 1. The van der Waals surface area contributed by atoms with Gasteiger partial charge in [-0.1, -0.05) is 19.3 Å². The van der Waals surface area contributed by atoms with E-state index in [1.165, 1.54) is 37.9 Å². The number of hydrogen-bond acceptors (Lipinski definition) is 5. The lowest BCUT2D eigenvalue weighted by molar-refractivity contribution is 0.125. The van der Waals surface area contributed by atoms with Gasteiger partial charge in [0.1, 0.15) is 12.5 Å². The number of aromatic nitrogens is 2. The van der Waals surface area contributed by atoms with Crippen LogP contribution in [0, 0.1) is 0 Å². The van der Waals surface area contributed by atoms with Gasteiger partial charge in [0.25, 0.3) is 0 Å². The van der Waals surface area contributed by atoms with Crippen molar-refractivity contribution in [2.45, 2.75) is 38.1 Å². The van der Waals surface area contributed by atoms with Crippen LogP contribution in [0.3, 0.4) is 0 Å². The van der Waals surface area contributed by atoms with Gasteiger partial charge in [-0.3, -0.25) is 10.1 Å². The largest absolute Gasteiger partial charge is 0.383 e. The molecule has 0 bridgehead atoms. The molecule has 2 aromatic rings. The average molecular weight is 353 g/mol. The summed E-state index contributed by atoms with van der Waals surface area (Å²) in [6.45, 7) is 2.29. The summed E-state index contributed by atoms with van der Waals surface area (Å²) in [6.07, 6.45) is 12.5. The van der Waals surface area contributed by atoms with E-state index in [9.17, 15) is 0 Å². The number of nitrogens with one attached hydrogen (secondary N) is 1. The van der Waals surface area contributed by atoms with Gasteiger partial charge in [0.05, 0.1) is 18.3 Å².